The van der Waals surface area contributed by atoms with Crippen molar-refractivity contribution in [3.8, 4) is 0 Å². The normalized spacial score (nSPS) is 25.0. The van der Waals surface area contributed by atoms with Crippen molar-refractivity contribution in [2.75, 3.05) is 0 Å². The Morgan fingerprint density at radius 2 is 2.08 bits per heavy atom. The molecule has 0 amide bonds. The van der Waals surface area contributed by atoms with Gasteiger partial charge in [0.2, 0.25) is 5.58 Å². The maximum atomic E-state index is 12.5. The second kappa shape index (κ2) is 6.23. The van der Waals surface area contributed by atoms with Crippen LogP contribution in [0, 0.1) is 0 Å². The Bertz CT molecular complexity index is 984. The molecule has 3 N–H and O–H groups in total. The number of aromatic amines is 1. The van der Waals surface area contributed by atoms with Crippen molar-refractivity contribution < 1.29 is 4.42 Å². The molecule has 2 unspecified atom stereocenters. The highest BCUT2D eigenvalue weighted by molar-refractivity contribution is 9.10. The predicted molar refractivity (Wildman–Crippen MR) is 102 cm³/mol. The fourth-order valence-electron chi connectivity index (χ4n) is 3.91. The summed E-state index contributed by atoms with van der Waals surface area (Å²) in [4.78, 5) is 22.4. The predicted octanol–water partition coefficient (Wildman–Crippen LogP) is 3.13. The average Bonchev–Trinajstić information content (AvgIpc) is 2.89. The quantitative estimate of drug-likeness (QED) is 0.684. The molecule has 6 nitrogen and oxygen atoms in total. The first kappa shape index (κ1) is 16.8. The van der Waals surface area contributed by atoms with Gasteiger partial charge in [0, 0.05) is 28.0 Å². The lowest BCUT2D eigenvalue weighted by molar-refractivity contribution is 0.0815. The van der Waals surface area contributed by atoms with Gasteiger partial charge >= 0.3 is 0 Å². The molecular weight excluding hydrogens is 384 g/mol. The molecule has 1 fully saturated rings. The zero-order valence-electron chi connectivity index (χ0n) is 14.3. The number of rotatable bonds is 2. The number of benzene rings is 1. The van der Waals surface area contributed by atoms with E-state index in [9.17, 15) is 4.79 Å². The summed E-state index contributed by atoms with van der Waals surface area (Å²) in [5, 5.41) is 0.846. The first-order valence-corrected chi connectivity index (χ1v) is 9.34. The van der Waals surface area contributed by atoms with E-state index < -0.39 is 0 Å². The van der Waals surface area contributed by atoms with Crippen LogP contribution in [0.25, 0.3) is 22.1 Å². The number of piperidine rings is 1. The van der Waals surface area contributed by atoms with E-state index in [4.69, 9.17) is 15.1 Å². The van der Waals surface area contributed by atoms with E-state index in [-0.39, 0.29) is 17.2 Å². The van der Waals surface area contributed by atoms with Crippen LogP contribution in [0.3, 0.4) is 0 Å². The number of aromatic nitrogens is 2. The van der Waals surface area contributed by atoms with Gasteiger partial charge in [0.05, 0.1) is 6.54 Å². The molecule has 4 rings (SSSR count). The molecule has 2 aromatic heterocycles. The van der Waals surface area contributed by atoms with Crippen LogP contribution in [-0.4, -0.2) is 33.0 Å². The lowest BCUT2D eigenvalue weighted by Crippen LogP contribution is -2.50. The maximum absolute atomic E-state index is 12.5. The number of hydrogen-bond acceptors (Lipinski definition) is 5. The molecule has 0 bridgehead atoms. The van der Waals surface area contributed by atoms with Crippen molar-refractivity contribution in [1.82, 2.24) is 14.9 Å². The first-order valence-electron chi connectivity index (χ1n) is 8.54. The van der Waals surface area contributed by atoms with Gasteiger partial charge in [0.1, 0.15) is 16.9 Å². The van der Waals surface area contributed by atoms with Crippen LogP contribution in [-0.2, 0) is 6.54 Å². The molecule has 132 valence electrons. The Morgan fingerprint density at radius 3 is 2.80 bits per heavy atom. The third-order valence-electron chi connectivity index (χ3n) is 5.09. The molecule has 3 aromatic rings. The summed E-state index contributed by atoms with van der Waals surface area (Å²) in [6, 6.07) is 6.62. The van der Waals surface area contributed by atoms with E-state index >= 15 is 0 Å². The van der Waals surface area contributed by atoms with E-state index in [2.05, 4.69) is 39.7 Å². The van der Waals surface area contributed by atoms with Gasteiger partial charge in [-0.15, -0.1) is 0 Å². The van der Waals surface area contributed by atoms with E-state index in [0.29, 0.717) is 35.6 Å². The standard InChI is InChI=1S/C18H21BrN4O2/c1-9-5-12(20)6-10(2)23(9)8-15-21-16-13-7-11(19)3-4-14(13)25-17(16)18(24)22-15/h3-4,7,9-10,12H,5-6,8,20H2,1-2H3,(H,21,22,24)/t9-,10?,12?/m1/s1. The molecule has 3 atom stereocenters. The van der Waals surface area contributed by atoms with Crippen LogP contribution in [0.4, 0.5) is 0 Å². The van der Waals surface area contributed by atoms with Crippen LogP contribution >= 0.6 is 15.9 Å². The molecule has 1 aromatic carbocycles. The van der Waals surface area contributed by atoms with Crippen molar-refractivity contribution in [1.29, 1.82) is 0 Å². The van der Waals surface area contributed by atoms with E-state index in [1.165, 1.54) is 0 Å². The maximum Gasteiger partial charge on any atom is 0.294 e. The minimum atomic E-state index is -0.235. The van der Waals surface area contributed by atoms with Gasteiger partial charge in [0.25, 0.3) is 5.56 Å². The second-order valence-corrected chi connectivity index (χ2v) is 7.95. The molecule has 0 spiro atoms. The number of nitrogens with one attached hydrogen (secondary N) is 1. The SMILES string of the molecule is CC1CC(N)C[C@@H](C)N1Cc1nc2c(oc3ccc(Br)cc32)c(=O)[nH]1. The van der Waals surface area contributed by atoms with Crippen LogP contribution in [0.2, 0.25) is 0 Å². The van der Waals surface area contributed by atoms with Crippen molar-refractivity contribution in [2.24, 2.45) is 5.73 Å². The number of fused-ring (bicyclic) bond motifs is 3. The van der Waals surface area contributed by atoms with Crippen LogP contribution < -0.4 is 11.3 Å². The van der Waals surface area contributed by atoms with Gasteiger partial charge in [0.15, 0.2) is 0 Å². The van der Waals surface area contributed by atoms with Gasteiger partial charge < -0.3 is 15.1 Å². The largest absolute Gasteiger partial charge is 0.449 e. The van der Waals surface area contributed by atoms with Crippen LogP contribution in [0.15, 0.2) is 31.9 Å². The number of furan rings is 1. The van der Waals surface area contributed by atoms with Crippen LogP contribution in [0.5, 0.6) is 0 Å². The fourth-order valence-corrected chi connectivity index (χ4v) is 4.27. The smallest absolute Gasteiger partial charge is 0.294 e. The molecule has 7 heteroatoms. The van der Waals surface area contributed by atoms with Crippen LogP contribution in [0.1, 0.15) is 32.5 Å². The molecule has 1 saturated heterocycles. The summed E-state index contributed by atoms with van der Waals surface area (Å²) in [7, 11) is 0. The lowest BCUT2D eigenvalue weighted by Gasteiger charge is -2.41. The molecule has 0 aliphatic carbocycles. The van der Waals surface area contributed by atoms with Gasteiger partial charge in [-0.3, -0.25) is 9.69 Å². The van der Waals surface area contributed by atoms with Gasteiger partial charge in [-0.25, -0.2) is 4.98 Å². The Balaban J connectivity index is 1.76. The molecule has 1 aliphatic heterocycles. The first-order chi connectivity index (χ1) is 11.9. The van der Waals surface area contributed by atoms with Crippen molar-refractivity contribution in [2.45, 2.75) is 51.4 Å². The number of halogens is 1. The number of hydrogen-bond donors (Lipinski definition) is 2. The summed E-state index contributed by atoms with van der Waals surface area (Å²) in [5.74, 6) is 0.661. The Labute approximate surface area is 153 Å². The minimum absolute atomic E-state index is 0.235. The van der Waals surface area contributed by atoms with Gasteiger partial charge in [-0.2, -0.15) is 0 Å². The number of nitrogens with two attached hydrogens (primary N) is 1. The molecule has 3 heterocycles. The van der Waals surface area contributed by atoms with E-state index in [0.717, 1.165) is 22.7 Å². The summed E-state index contributed by atoms with van der Waals surface area (Å²) in [6.45, 7) is 4.95. The Hall–Kier alpha value is -1.70. The highest BCUT2D eigenvalue weighted by atomic mass is 79.9. The number of nitrogens with zero attached hydrogens (tertiary/aromatic N) is 2. The fraction of sp³-hybridized carbons (Fsp3) is 0.444. The number of likely N-dealkylation sites (tertiary alicyclic amines) is 1. The molecule has 0 radical (unpaired) electrons. The molecular formula is C18H21BrN4O2. The zero-order chi connectivity index (χ0) is 17.7. The monoisotopic (exact) mass is 404 g/mol. The number of H-pyrrole nitrogens is 1. The molecule has 25 heavy (non-hydrogen) atoms. The van der Waals surface area contributed by atoms with E-state index in [1.807, 2.05) is 18.2 Å². The summed E-state index contributed by atoms with van der Waals surface area (Å²) in [6.07, 6.45) is 1.91. The lowest BCUT2D eigenvalue weighted by atomic mass is 9.93. The summed E-state index contributed by atoms with van der Waals surface area (Å²) in [5.41, 5.74) is 7.44. The van der Waals surface area contributed by atoms with Gasteiger partial charge in [-0.1, -0.05) is 15.9 Å². The topological polar surface area (TPSA) is 88.2 Å². The third-order valence-corrected chi connectivity index (χ3v) is 5.58. The average molecular weight is 405 g/mol. The minimum Gasteiger partial charge on any atom is -0.449 e. The summed E-state index contributed by atoms with van der Waals surface area (Å²) >= 11 is 3.47. The third kappa shape index (κ3) is 3.01. The second-order valence-electron chi connectivity index (χ2n) is 7.03. The van der Waals surface area contributed by atoms with E-state index in [1.54, 1.807) is 0 Å². The van der Waals surface area contributed by atoms with Crippen molar-refractivity contribution >= 4 is 38.0 Å². The highest BCUT2D eigenvalue weighted by Crippen LogP contribution is 2.28. The van der Waals surface area contributed by atoms with Gasteiger partial charge in [-0.05, 0) is 44.9 Å². The molecule has 1 aliphatic rings. The zero-order valence-corrected chi connectivity index (χ0v) is 15.8. The Kier molecular flexibility index (Phi) is 4.17. The Morgan fingerprint density at radius 1 is 1.36 bits per heavy atom. The highest BCUT2D eigenvalue weighted by Gasteiger charge is 2.29. The molecule has 0 saturated carbocycles. The summed E-state index contributed by atoms with van der Waals surface area (Å²) < 4.78 is 6.61. The van der Waals surface area contributed by atoms with Crippen molar-refractivity contribution in [3.63, 3.8) is 0 Å². The van der Waals surface area contributed by atoms with Crippen molar-refractivity contribution in [3.05, 3.63) is 38.9 Å².